The average molecular weight is 426 g/mol. The van der Waals surface area contributed by atoms with Crippen LogP contribution >= 0.6 is 0 Å². The molecule has 2 aromatic rings. The van der Waals surface area contributed by atoms with Crippen molar-refractivity contribution in [3.63, 3.8) is 0 Å². The molecular formula is C19H21F3N4O4. The molecule has 0 aliphatic carbocycles. The smallest absolute Gasteiger partial charge is 0.406 e. The molecule has 0 N–H and O–H groups in total. The molecule has 8 nitrogen and oxygen atoms in total. The lowest BCUT2D eigenvalue weighted by molar-refractivity contribution is -0.274. The van der Waals surface area contributed by atoms with Crippen LogP contribution in [0.25, 0.3) is 0 Å². The summed E-state index contributed by atoms with van der Waals surface area (Å²) in [7, 11) is 1.60. The van der Waals surface area contributed by atoms with Gasteiger partial charge >= 0.3 is 6.36 Å². The van der Waals surface area contributed by atoms with Gasteiger partial charge in [-0.15, -0.1) is 18.3 Å². The number of nitrogens with zero attached hydrogens (tertiary/aromatic N) is 4. The third kappa shape index (κ3) is 4.26. The van der Waals surface area contributed by atoms with Gasteiger partial charge in [0.15, 0.2) is 0 Å². The van der Waals surface area contributed by atoms with E-state index in [1.54, 1.807) is 12.0 Å². The molecule has 30 heavy (non-hydrogen) atoms. The van der Waals surface area contributed by atoms with Gasteiger partial charge < -0.3 is 19.1 Å². The highest BCUT2D eigenvalue weighted by molar-refractivity contribution is 5.94. The van der Waals surface area contributed by atoms with E-state index in [9.17, 15) is 18.0 Å². The standard InChI is InChI=1S/C19H21F3N4O4/c1-28-10-15-16-11-29-18(12-26(16)24-23-15)6-8-25(9-7-18)17(27)13-2-4-14(5-3-13)30-19(20,21)22/h2-5H,6-12H2,1H3. The van der Waals surface area contributed by atoms with Gasteiger partial charge in [0.05, 0.1) is 31.1 Å². The number of benzene rings is 1. The monoisotopic (exact) mass is 426 g/mol. The van der Waals surface area contributed by atoms with E-state index >= 15 is 0 Å². The Kier molecular flexibility index (Phi) is 5.41. The van der Waals surface area contributed by atoms with Crippen molar-refractivity contribution in [1.82, 2.24) is 19.9 Å². The van der Waals surface area contributed by atoms with Crippen LogP contribution in [0.1, 0.15) is 34.6 Å². The maximum atomic E-state index is 12.7. The quantitative estimate of drug-likeness (QED) is 0.748. The number of ether oxygens (including phenoxy) is 3. The Balaban J connectivity index is 1.37. The lowest BCUT2D eigenvalue weighted by Crippen LogP contribution is -2.52. The van der Waals surface area contributed by atoms with Crippen LogP contribution in [0.15, 0.2) is 24.3 Å². The topological polar surface area (TPSA) is 78.7 Å². The molecule has 0 atom stereocenters. The van der Waals surface area contributed by atoms with E-state index in [0.29, 0.717) is 51.3 Å². The molecular weight excluding hydrogens is 405 g/mol. The highest BCUT2D eigenvalue weighted by atomic mass is 19.4. The number of rotatable bonds is 4. The number of fused-ring (bicyclic) bond motifs is 1. The Morgan fingerprint density at radius 3 is 2.57 bits per heavy atom. The second kappa shape index (κ2) is 7.88. The summed E-state index contributed by atoms with van der Waals surface area (Å²) in [6.45, 7) is 2.29. The summed E-state index contributed by atoms with van der Waals surface area (Å²) in [5.74, 6) is -0.591. The number of methoxy groups -OCH3 is 1. The van der Waals surface area contributed by atoms with Crippen LogP contribution in [0.2, 0.25) is 0 Å². The minimum absolute atomic E-state index is 0.233. The Bertz CT molecular complexity index is 905. The molecule has 4 rings (SSSR count). The van der Waals surface area contributed by atoms with Gasteiger partial charge in [-0.05, 0) is 37.1 Å². The Hall–Kier alpha value is -2.66. The van der Waals surface area contributed by atoms with Crippen LogP contribution in [0.3, 0.4) is 0 Å². The first kappa shape index (κ1) is 20.6. The fourth-order valence-corrected chi connectivity index (χ4v) is 3.84. The molecule has 1 saturated heterocycles. The van der Waals surface area contributed by atoms with E-state index in [4.69, 9.17) is 9.47 Å². The molecule has 1 fully saturated rings. The molecule has 0 saturated carbocycles. The first-order valence-electron chi connectivity index (χ1n) is 9.48. The molecule has 0 radical (unpaired) electrons. The normalized spacial score (nSPS) is 18.3. The zero-order valence-corrected chi connectivity index (χ0v) is 16.3. The van der Waals surface area contributed by atoms with Crippen molar-refractivity contribution >= 4 is 5.91 Å². The van der Waals surface area contributed by atoms with Gasteiger partial charge in [0.25, 0.3) is 5.91 Å². The molecule has 1 amide bonds. The van der Waals surface area contributed by atoms with Gasteiger partial charge in [-0.1, -0.05) is 5.21 Å². The summed E-state index contributed by atoms with van der Waals surface area (Å²) in [6.07, 6.45) is -3.50. The highest BCUT2D eigenvalue weighted by Crippen LogP contribution is 2.34. The number of aromatic nitrogens is 3. The molecule has 11 heteroatoms. The largest absolute Gasteiger partial charge is 0.573 e. The van der Waals surface area contributed by atoms with Crippen LogP contribution in [0.5, 0.6) is 5.75 Å². The number of carbonyl (C=O) groups is 1. The first-order chi connectivity index (χ1) is 14.3. The predicted octanol–water partition coefficient (Wildman–Crippen LogP) is 2.53. The first-order valence-corrected chi connectivity index (χ1v) is 9.48. The molecule has 1 aromatic heterocycles. The zero-order chi connectivity index (χ0) is 21.4. The van der Waals surface area contributed by atoms with Crippen LogP contribution < -0.4 is 4.74 Å². The van der Waals surface area contributed by atoms with Gasteiger partial charge in [-0.3, -0.25) is 4.79 Å². The molecule has 2 aliphatic rings. The van der Waals surface area contributed by atoms with Gasteiger partial charge in [-0.2, -0.15) is 0 Å². The van der Waals surface area contributed by atoms with E-state index in [2.05, 4.69) is 15.0 Å². The number of amides is 1. The van der Waals surface area contributed by atoms with Crippen LogP contribution in [0, 0.1) is 0 Å². The maximum Gasteiger partial charge on any atom is 0.573 e. The molecule has 1 aromatic carbocycles. The molecule has 0 bridgehead atoms. The van der Waals surface area contributed by atoms with Crippen molar-refractivity contribution in [2.24, 2.45) is 0 Å². The summed E-state index contributed by atoms with van der Waals surface area (Å²) in [6, 6.07) is 4.95. The number of halogens is 3. The lowest BCUT2D eigenvalue weighted by Gasteiger charge is -2.43. The van der Waals surface area contributed by atoms with Gasteiger partial charge in [0.1, 0.15) is 11.4 Å². The summed E-state index contributed by atoms with van der Waals surface area (Å²) in [5, 5.41) is 8.33. The van der Waals surface area contributed by atoms with Crippen LogP contribution in [-0.4, -0.2) is 58.0 Å². The number of hydrogen-bond donors (Lipinski definition) is 0. The predicted molar refractivity (Wildman–Crippen MR) is 96.5 cm³/mol. The number of piperidine rings is 1. The molecule has 1 spiro atoms. The number of alkyl halides is 3. The van der Waals surface area contributed by atoms with E-state index in [-0.39, 0.29) is 11.7 Å². The van der Waals surface area contributed by atoms with Crippen molar-refractivity contribution in [1.29, 1.82) is 0 Å². The Morgan fingerprint density at radius 1 is 1.23 bits per heavy atom. The van der Waals surface area contributed by atoms with Gasteiger partial charge in [0.2, 0.25) is 0 Å². The van der Waals surface area contributed by atoms with Crippen molar-refractivity contribution in [3.05, 3.63) is 41.2 Å². The number of hydrogen-bond acceptors (Lipinski definition) is 6. The van der Waals surface area contributed by atoms with Crippen molar-refractivity contribution in [2.75, 3.05) is 20.2 Å². The molecule has 162 valence electrons. The van der Waals surface area contributed by atoms with Gasteiger partial charge in [-0.25, -0.2) is 4.68 Å². The minimum atomic E-state index is -4.76. The summed E-state index contributed by atoms with van der Waals surface area (Å²) in [4.78, 5) is 14.4. The van der Waals surface area contributed by atoms with Crippen molar-refractivity contribution < 1.29 is 32.2 Å². The second-order valence-electron chi connectivity index (χ2n) is 7.41. The van der Waals surface area contributed by atoms with Crippen LogP contribution in [-0.2, 0) is 29.2 Å². The fraction of sp³-hybridized carbons (Fsp3) is 0.526. The minimum Gasteiger partial charge on any atom is -0.406 e. The average Bonchev–Trinajstić information content (AvgIpc) is 3.09. The Morgan fingerprint density at radius 2 is 1.93 bits per heavy atom. The lowest BCUT2D eigenvalue weighted by atomic mass is 9.89. The number of carbonyl (C=O) groups excluding carboxylic acids is 1. The van der Waals surface area contributed by atoms with E-state index in [1.807, 2.05) is 4.68 Å². The molecule has 3 heterocycles. The van der Waals surface area contributed by atoms with E-state index < -0.39 is 12.0 Å². The summed E-state index contributed by atoms with van der Waals surface area (Å²) in [5.41, 5.74) is 1.57. The van der Waals surface area contributed by atoms with Crippen molar-refractivity contribution in [3.8, 4) is 5.75 Å². The van der Waals surface area contributed by atoms with Crippen molar-refractivity contribution in [2.45, 2.75) is 44.6 Å². The molecule has 2 aliphatic heterocycles. The van der Waals surface area contributed by atoms with E-state index in [0.717, 1.165) is 23.5 Å². The SMILES string of the molecule is COCc1nnn2c1COC1(CCN(C(=O)c3ccc(OC(F)(F)F)cc3)CC1)C2. The number of likely N-dealkylation sites (tertiary alicyclic amines) is 1. The third-order valence-electron chi connectivity index (χ3n) is 5.45. The van der Waals surface area contributed by atoms with Crippen LogP contribution in [0.4, 0.5) is 13.2 Å². The van der Waals surface area contributed by atoms with Gasteiger partial charge in [0, 0.05) is 25.8 Å². The second-order valence-corrected chi connectivity index (χ2v) is 7.41. The summed E-state index contributed by atoms with van der Waals surface area (Å²) < 4.78 is 53.8. The fourth-order valence-electron chi connectivity index (χ4n) is 3.84. The Labute approximate surface area is 170 Å². The zero-order valence-electron chi connectivity index (χ0n) is 16.3. The summed E-state index contributed by atoms with van der Waals surface area (Å²) >= 11 is 0. The molecule has 0 unspecified atom stereocenters. The third-order valence-corrected chi connectivity index (χ3v) is 5.45. The maximum absolute atomic E-state index is 12.7. The highest BCUT2D eigenvalue weighted by Gasteiger charge is 2.41. The van der Waals surface area contributed by atoms with E-state index in [1.165, 1.54) is 12.1 Å².